The van der Waals surface area contributed by atoms with Crippen molar-refractivity contribution in [3.8, 4) is 16.9 Å². The quantitative estimate of drug-likeness (QED) is 0.295. The van der Waals surface area contributed by atoms with Crippen LogP contribution in [0.25, 0.3) is 33.8 Å². The molecule has 5 rings (SSSR count). The van der Waals surface area contributed by atoms with E-state index in [9.17, 15) is 9.59 Å². The molecule has 0 atom stereocenters. The summed E-state index contributed by atoms with van der Waals surface area (Å²) in [6.45, 7) is 0. The third-order valence-corrected chi connectivity index (χ3v) is 5.73. The van der Waals surface area contributed by atoms with E-state index in [1.54, 1.807) is 24.4 Å². The van der Waals surface area contributed by atoms with Crippen LogP contribution in [-0.4, -0.2) is 15.0 Å². The van der Waals surface area contributed by atoms with Gasteiger partial charge in [0.05, 0.1) is 11.4 Å². The van der Waals surface area contributed by atoms with Gasteiger partial charge in [-0.3, -0.25) is 9.36 Å². The van der Waals surface area contributed by atoms with Crippen LogP contribution in [0.4, 0.5) is 0 Å². The fraction of sp³-hybridized carbons (Fsp3) is 0. The monoisotopic (exact) mass is 450 g/mol. The van der Waals surface area contributed by atoms with Crippen LogP contribution in [0, 0.1) is 0 Å². The van der Waals surface area contributed by atoms with E-state index in [0.29, 0.717) is 16.4 Å². The van der Waals surface area contributed by atoms with Crippen LogP contribution >= 0.6 is 11.6 Å². The number of para-hydroxylation sites is 1. The molecular weight excluding hydrogens is 432 g/mol. The molecule has 0 saturated carbocycles. The van der Waals surface area contributed by atoms with Crippen LogP contribution in [0.3, 0.4) is 0 Å². The van der Waals surface area contributed by atoms with Crippen molar-refractivity contribution in [2.45, 2.75) is 0 Å². The fourth-order valence-corrected chi connectivity index (χ4v) is 3.93. The maximum Gasteiger partial charge on any atom is 0.340 e. The summed E-state index contributed by atoms with van der Waals surface area (Å²) in [5.41, 5.74) is 2.40. The van der Waals surface area contributed by atoms with Crippen LogP contribution < -0.4 is 5.69 Å². The molecule has 1 heterocycles. The van der Waals surface area contributed by atoms with Gasteiger partial charge < -0.3 is 0 Å². The molecule has 160 valence electrons. The minimum Gasteiger partial charge on any atom is -0.269 e. The number of hydrogen-bond acceptors (Lipinski definition) is 2. The SMILES string of the molecule is O=C(/C=C/c1ccc(Cl)cc1)n1c(-c2ccc3ccccc3c2)cn(-c2ccccc2)c1=O. The number of rotatable bonds is 4. The van der Waals surface area contributed by atoms with Crippen molar-refractivity contribution in [1.82, 2.24) is 9.13 Å². The van der Waals surface area contributed by atoms with Gasteiger partial charge in [-0.2, -0.15) is 0 Å². The molecule has 0 saturated heterocycles. The first-order valence-electron chi connectivity index (χ1n) is 10.5. The first-order valence-corrected chi connectivity index (χ1v) is 10.8. The van der Waals surface area contributed by atoms with Gasteiger partial charge in [-0.15, -0.1) is 0 Å². The molecule has 1 aromatic heterocycles. The number of fused-ring (bicyclic) bond motifs is 1. The molecule has 4 nitrogen and oxygen atoms in total. The molecule has 0 aliphatic rings. The van der Waals surface area contributed by atoms with Crippen molar-refractivity contribution < 1.29 is 4.79 Å². The lowest BCUT2D eigenvalue weighted by Crippen LogP contribution is -2.27. The molecule has 5 heteroatoms. The number of carbonyl (C=O) groups is 1. The Kier molecular flexibility index (Phi) is 5.51. The molecule has 0 amide bonds. The summed E-state index contributed by atoms with van der Waals surface area (Å²) in [6.07, 6.45) is 4.80. The van der Waals surface area contributed by atoms with Crippen molar-refractivity contribution in [2.24, 2.45) is 0 Å². The van der Waals surface area contributed by atoms with Crippen LogP contribution in [0.15, 0.2) is 114 Å². The molecule has 0 aliphatic heterocycles. The highest BCUT2D eigenvalue weighted by Gasteiger charge is 2.18. The Morgan fingerprint density at radius 2 is 1.48 bits per heavy atom. The van der Waals surface area contributed by atoms with Gasteiger partial charge in [-0.25, -0.2) is 9.36 Å². The highest BCUT2D eigenvalue weighted by molar-refractivity contribution is 6.30. The Morgan fingerprint density at radius 1 is 0.788 bits per heavy atom. The molecule has 5 aromatic rings. The van der Waals surface area contributed by atoms with Gasteiger partial charge >= 0.3 is 5.69 Å². The number of nitrogens with zero attached hydrogens (tertiary/aromatic N) is 2. The summed E-state index contributed by atoms with van der Waals surface area (Å²) in [5.74, 6) is -0.423. The van der Waals surface area contributed by atoms with Gasteiger partial charge in [-0.1, -0.05) is 78.3 Å². The zero-order chi connectivity index (χ0) is 22.8. The van der Waals surface area contributed by atoms with Gasteiger partial charge in [0.15, 0.2) is 0 Å². The van der Waals surface area contributed by atoms with Crippen molar-refractivity contribution in [1.29, 1.82) is 0 Å². The summed E-state index contributed by atoms with van der Waals surface area (Å²) >= 11 is 5.94. The first-order chi connectivity index (χ1) is 16.1. The zero-order valence-corrected chi connectivity index (χ0v) is 18.3. The Morgan fingerprint density at radius 3 is 2.24 bits per heavy atom. The molecule has 0 bridgehead atoms. The summed E-state index contributed by atoms with van der Waals surface area (Å²) in [6, 6.07) is 30.3. The number of halogens is 1. The Bertz CT molecular complexity index is 1540. The van der Waals surface area contributed by atoms with Gasteiger partial charge in [0.1, 0.15) is 0 Å². The molecule has 0 N–H and O–H groups in total. The number of allylic oxidation sites excluding steroid dienone is 1. The second-order valence-corrected chi connectivity index (χ2v) is 8.06. The number of hydrogen-bond donors (Lipinski definition) is 0. The minimum absolute atomic E-state index is 0.421. The van der Waals surface area contributed by atoms with E-state index in [1.165, 1.54) is 15.2 Å². The van der Waals surface area contributed by atoms with E-state index in [0.717, 1.165) is 21.9 Å². The standard InChI is InChI=1S/C28H19ClN2O2/c29-24-15-10-20(11-16-24)12-17-27(32)31-26(19-30(28(31)33)25-8-2-1-3-9-25)23-14-13-21-6-4-5-7-22(21)18-23/h1-19H/b17-12+. The highest BCUT2D eigenvalue weighted by atomic mass is 35.5. The predicted octanol–water partition coefficient (Wildman–Crippen LogP) is 6.47. The van der Waals surface area contributed by atoms with Crippen molar-refractivity contribution in [3.05, 3.63) is 130 Å². The Labute approximate surface area is 195 Å². The van der Waals surface area contributed by atoms with Crippen LogP contribution in [0.5, 0.6) is 0 Å². The number of carbonyl (C=O) groups excluding carboxylic acids is 1. The number of imidazole rings is 1. The lowest BCUT2D eigenvalue weighted by atomic mass is 10.1. The van der Waals surface area contributed by atoms with Crippen molar-refractivity contribution in [3.63, 3.8) is 0 Å². The largest absolute Gasteiger partial charge is 0.340 e. The maximum atomic E-state index is 13.4. The smallest absolute Gasteiger partial charge is 0.269 e. The average molecular weight is 451 g/mol. The zero-order valence-electron chi connectivity index (χ0n) is 17.6. The second-order valence-electron chi connectivity index (χ2n) is 7.62. The van der Waals surface area contributed by atoms with E-state index < -0.39 is 11.6 Å². The summed E-state index contributed by atoms with van der Waals surface area (Å²) in [7, 11) is 0. The van der Waals surface area contributed by atoms with E-state index in [1.807, 2.05) is 84.9 Å². The summed E-state index contributed by atoms with van der Waals surface area (Å²) < 4.78 is 2.71. The van der Waals surface area contributed by atoms with E-state index in [-0.39, 0.29) is 0 Å². The molecule has 4 aromatic carbocycles. The number of benzene rings is 4. The van der Waals surface area contributed by atoms with E-state index >= 15 is 0 Å². The topological polar surface area (TPSA) is 44.0 Å². The Hall–Kier alpha value is -4.15. The lowest BCUT2D eigenvalue weighted by molar-refractivity contribution is 0.0967. The normalized spacial score (nSPS) is 11.3. The van der Waals surface area contributed by atoms with Crippen LogP contribution in [0.2, 0.25) is 5.02 Å². The predicted molar refractivity (Wildman–Crippen MR) is 134 cm³/mol. The van der Waals surface area contributed by atoms with E-state index in [2.05, 4.69) is 0 Å². The molecule has 0 radical (unpaired) electrons. The number of aromatic nitrogens is 2. The fourth-order valence-electron chi connectivity index (χ4n) is 3.80. The first kappa shape index (κ1) is 20.7. The molecule has 0 spiro atoms. The minimum atomic E-state index is -0.423. The van der Waals surface area contributed by atoms with Gasteiger partial charge in [0.25, 0.3) is 5.91 Å². The van der Waals surface area contributed by atoms with Gasteiger partial charge in [0, 0.05) is 22.9 Å². The second kappa shape index (κ2) is 8.77. The maximum absolute atomic E-state index is 13.4. The van der Waals surface area contributed by atoms with Crippen molar-refractivity contribution >= 4 is 34.4 Å². The average Bonchev–Trinajstić information content (AvgIpc) is 3.21. The Balaban J connectivity index is 1.64. The molecule has 0 aliphatic carbocycles. The summed E-state index contributed by atoms with van der Waals surface area (Å²) in [4.78, 5) is 26.6. The molecule has 33 heavy (non-hydrogen) atoms. The van der Waals surface area contributed by atoms with E-state index in [4.69, 9.17) is 11.6 Å². The highest BCUT2D eigenvalue weighted by Crippen LogP contribution is 2.25. The third-order valence-electron chi connectivity index (χ3n) is 5.48. The van der Waals surface area contributed by atoms with Gasteiger partial charge in [0.2, 0.25) is 0 Å². The molecule has 0 fully saturated rings. The summed E-state index contributed by atoms with van der Waals surface area (Å²) in [5, 5.41) is 2.74. The third kappa shape index (κ3) is 4.16. The van der Waals surface area contributed by atoms with Crippen LogP contribution in [-0.2, 0) is 0 Å². The lowest BCUT2D eigenvalue weighted by Gasteiger charge is -2.05. The molecular formula is C28H19ClN2O2. The van der Waals surface area contributed by atoms with Gasteiger partial charge in [-0.05, 0) is 52.7 Å². The molecule has 0 unspecified atom stereocenters. The van der Waals surface area contributed by atoms with Crippen LogP contribution in [0.1, 0.15) is 10.4 Å². The van der Waals surface area contributed by atoms with Crippen molar-refractivity contribution in [2.75, 3.05) is 0 Å².